The molecular weight excluding hydrogens is 222 g/mol. The molecule has 0 spiro atoms. The minimum Gasteiger partial charge on any atom is -0.331 e. The molecule has 1 aromatic carbocycles. The third-order valence-electron chi connectivity index (χ3n) is 3.67. The summed E-state index contributed by atoms with van der Waals surface area (Å²) in [6.45, 7) is 5.36. The summed E-state index contributed by atoms with van der Waals surface area (Å²) in [5.41, 5.74) is 3.71. The average Bonchev–Trinajstić information content (AvgIpc) is 3.12. The smallest absolute Gasteiger partial charge is 0.112 e. The molecule has 3 heteroatoms. The second-order valence-corrected chi connectivity index (χ2v) is 5.66. The highest BCUT2D eigenvalue weighted by Gasteiger charge is 2.20. The zero-order valence-corrected chi connectivity index (χ0v) is 11.4. The zero-order valence-electron chi connectivity index (χ0n) is 11.4. The fraction of sp³-hybridized carbons (Fsp3) is 0.533. The first-order chi connectivity index (χ1) is 8.65. The van der Waals surface area contributed by atoms with Crippen molar-refractivity contribution in [2.24, 2.45) is 7.05 Å². The predicted octanol–water partition coefficient (Wildman–Crippen LogP) is 2.95. The molecule has 1 aliphatic rings. The molecule has 1 aliphatic carbocycles. The van der Waals surface area contributed by atoms with Gasteiger partial charge >= 0.3 is 0 Å². The minimum atomic E-state index is 0.468. The van der Waals surface area contributed by atoms with Crippen molar-refractivity contribution in [3.63, 3.8) is 0 Å². The fourth-order valence-electron chi connectivity index (χ4n) is 2.43. The van der Waals surface area contributed by atoms with Gasteiger partial charge in [0.05, 0.1) is 11.0 Å². The topological polar surface area (TPSA) is 29.9 Å². The Morgan fingerprint density at radius 2 is 2.17 bits per heavy atom. The normalized spacial score (nSPS) is 15.8. The van der Waals surface area contributed by atoms with Crippen LogP contribution in [-0.4, -0.2) is 15.6 Å². The van der Waals surface area contributed by atoms with Crippen molar-refractivity contribution in [2.45, 2.75) is 45.2 Å². The number of hydrogen-bond acceptors (Lipinski definition) is 2. The number of nitrogens with one attached hydrogen (secondary N) is 1. The number of rotatable bonds is 4. The maximum atomic E-state index is 4.70. The van der Waals surface area contributed by atoms with Gasteiger partial charge in [0.25, 0.3) is 0 Å². The number of aryl methyl sites for hydroxylation is 1. The van der Waals surface area contributed by atoms with Gasteiger partial charge < -0.3 is 9.88 Å². The molecule has 0 aliphatic heterocycles. The Hall–Kier alpha value is -1.35. The van der Waals surface area contributed by atoms with Gasteiger partial charge in [-0.25, -0.2) is 4.98 Å². The third-order valence-corrected chi connectivity index (χ3v) is 3.67. The van der Waals surface area contributed by atoms with Crippen molar-refractivity contribution in [1.82, 2.24) is 14.9 Å². The Bertz CT molecular complexity index is 564. The first kappa shape index (κ1) is 11.7. The van der Waals surface area contributed by atoms with E-state index in [4.69, 9.17) is 4.98 Å². The molecule has 0 unspecified atom stereocenters. The van der Waals surface area contributed by atoms with Crippen molar-refractivity contribution in [1.29, 1.82) is 0 Å². The maximum absolute atomic E-state index is 4.70. The second-order valence-electron chi connectivity index (χ2n) is 5.66. The lowest BCUT2D eigenvalue weighted by molar-refractivity contribution is 0.687. The number of nitrogens with zero attached hydrogens (tertiary/aromatic N) is 2. The van der Waals surface area contributed by atoms with Crippen molar-refractivity contribution in [3.05, 3.63) is 29.6 Å². The van der Waals surface area contributed by atoms with Crippen LogP contribution in [0.5, 0.6) is 0 Å². The lowest BCUT2D eigenvalue weighted by Crippen LogP contribution is -2.15. The maximum Gasteiger partial charge on any atom is 0.112 e. The van der Waals surface area contributed by atoms with Crippen LogP contribution in [0.4, 0.5) is 0 Å². The van der Waals surface area contributed by atoms with Crippen LogP contribution in [0.2, 0.25) is 0 Å². The average molecular weight is 243 g/mol. The number of imidazole rings is 1. The van der Waals surface area contributed by atoms with E-state index in [9.17, 15) is 0 Å². The van der Waals surface area contributed by atoms with Crippen LogP contribution in [0.1, 0.15) is 44.0 Å². The molecule has 1 N–H and O–H groups in total. The van der Waals surface area contributed by atoms with Crippen LogP contribution in [0.15, 0.2) is 18.2 Å². The molecule has 0 atom stereocenters. The van der Waals surface area contributed by atoms with Gasteiger partial charge in [-0.3, -0.25) is 0 Å². The molecule has 0 amide bonds. The van der Waals surface area contributed by atoms with E-state index in [1.165, 1.54) is 23.9 Å². The molecule has 3 nitrogen and oxygen atoms in total. The van der Waals surface area contributed by atoms with E-state index >= 15 is 0 Å². The third kappa shape index (κ3) is 2.15. The van der Waals surface area contributed by atoms with E-state index in [0.717, 1.165) is 23.9 Å². The summed E-state index contributed by atoms with van der Waals surface area (Å²) < 4.78 is 2.22. The Labute approximate surface area is 108 Å². The Morgan fingerprint density at radius 3 is 2.83 bits per heavy atom. The SMILES string of the molecule is CC(C)c1nc2ccc(CNC3CC3)cc2n1C. The van der Waals surface area contributed by atoms with Gasteiger partial charge in [-0.2, -0.15) is 0 Å². The number of benzene rings is 1. The van der Waals surface area contributed by atoms with Gasteiger partial charge in [-0.05, 0) is 30.5 Å². The molecule has 1 saturated carbocycles. The van der Waals surface area contributed by atoms with Crippen LogP contribution in [0.3, 0.4) is 0 Å². The van der Waals surface area contributed by atoms with E-state index in [0.29, 0.717) is 5.92 Å². The summed E-state index contributed by atoms with van der Waals surface area (Å²) in [6, 6.07) is 7.36. The molecule has 3 rings (SSSR count). The fourth-order valence-corrected chi connectivity index (χ4v) is 2.43. The molecule has 18 heavy (non-hydrogen) atoms. The molecule has 1 fully saturated rings. The highest BCUT2D eigenvalue weighted by Crippen LogP contribution is 2.23. The van der Waals surface area contributed by atoms with E-state index in [1.54, 1.807) is 0 Å². The first-order valence-electron chi connectivity index (χ1n) is 6.84. The van der Waals surface area contributed by atoms with E-state index in [2.05, 4.69) is 49.0 Å². The molecule has 1 heterocycles. The molecule has 2 aromatic rings. The highest BCUT2D eigenvalue weighted by molar-refractivity contribution is 5.77. The number of fused-ring (bicyclic) bond motifs is 1. The quantitative estimate of drug-likeness (QED) is 0.894. The van der Waals surface area contributed by atoms with Crippen LogP contribution in [-0.2, 0) is 13.6 Å². The standard InChI is InChI=1S/C15H21N3/c1-10(2)15-17-13-7-4-11(8-14(13)18(15)3)9-16-12-5-6-12/h4,7-8,10,12,16H,5-6,9H2,1-3H3. The van der Waals surface area contributed by atoms with Gasteiger partial charge in [-0.1, -0.05) is 19.9 Å². The molecule has 96 valence electrons. The molecular formula is C15H21N3. The Balaban J connectivity index is 1.91. The summed E-state index contributed by atoms with van der Waals surface area (Å²) >= 11 is 0. The molecule has 1 aromatic heterocycles. The van der Waals surface area contributed by atoms with Crippen molar-refractivity contribution in [2.75, 3.05) is 0 Å². The highest BCUT2D eigenvalue weighted by atomic mass is 15.1. The monoisotopic (exact) mass is 243 g/mol. The molecule has 0 bridgehead atoms. The van der Waals surface area contributed by atoms with Gasteiger partial charge in [0.2, 0.25) is 0 Å². The molecule has 0 saturated heterocycles. The van der Waals surface area contributed by atoms with Crippen molar-refractivity contribution >= 4 is 11.0 Å². The summed E-state index contributed by atoms with van der Waals surface area (Å²) in [5.74, 6) is 1.63. The van der Waals surface area contributed by atoms with Crippen molar-refractivity contribution < 1.29 is 0 Å². The zero-order chi connectivity index (χ0) is 12.7. The summed E-state index contributed by atoms with van der Waals surface area (Å²) in [7, 11) is 2.11. The van der Waals surface area contributed by atoms with Crippen LogP contribution in [0.25, 0.3) is 11.0 Å². The van der Waals surface area contributed by atoms with Gasteiger partial charge in [0, 0.05) is 25.6 Å². The summed E-state index contributed by atoms with van der Waals surface area (Å²) in [4.78, 5) is 4.70. The van der Waals surface area contributed by atoms with Crippen molar-refractivity contribution in [3.8, 4) is 0 Å². The first-order valence-corrected chi connectivity index (χ1v) is 6.84. The summed E-state index contributed by atoms with van der Waals surface area (Å²) in [6.07, 6.45) is 2.68. The second kappa shape index (κ2) is 4.39. The lowest BCUT2D eigenvalue weighted by atomic mass is 10.2. The number of aromatic nitrogens is 2. The van der Waals surface area contributed by atoms with E-state index < -0.39 is 0 Å². The molecule has 0 radical (unpaired) electrons. The predicted molar refractivity (Wildman–Crippen MR) is 74.7 cm³/mol. The Morgan fingerprint density at radius 1 is 1.39 bits per heavy atom. The van der Waals surface area contributed by atoms with E-state index in [-0.39, 0.29) is 0 Å². The largest absolute Gasteiger partial charge is 0.331 e. The number of hydrogen-bond donors (Lipinski definition) is 1. The summed E-state index contributed by atoms with van der Waals surface area (Å²) in [5, 5.41) is 3.56. The van der Waals surface area contributed by atoms with Gasteiger partial charge in [-0.15, -0.1) is 0 Å². The van der Waals surface area contributed by atoms with Gasteiger partial charge in [0.1, 0.15) is 5.82 Å². The Kier molecular flexibility index (Phi) is 2.86. The van der Waals surface area contributed by atoms with Crippen LogP contribution >= 0.6 is 0 Å². The van der Waals surface area contributed by atoms with Crippen LogP contribution < -0.4 is 5.32 Å². The van der Waals surface area contributed by atoms with Gasteiger partial charge in [0.15, 0.2) is 0 Å². The van der Waals surface area contributed by atoms with E-state index in [1.807, 2.05) is 0 Å². The van der Waals surface area contributed by atoms with Crippen LogP contribution in [0, 0.1) is 0 Å². The lowest BCUT2D eigenvalue weighted by Gasteiger charge is -2.06. The minimum absolute atomic E-state index is 0.468.